The molecule has 13 heavy (non-hydrogen) atoms. The Morgan fingerprint density at radius 1 is 1.38 bits per heavy atom. The minimum Gasteiger partial charge on any atom is -0.324 e. The van der Waals surface area contributed by atoms with Gasteiger partial charge in [-0.25, -0.2) is 0 Å². The topological polar surface area (TPSA) is 26.0 Å². The van der Waals surface area contributed by atoms with Gasteiger partial charge in [0.1, 0.15) is 0 Å². The van der Waals surface area contributed by atoms with Crippen LogP contribution in [0.15, 0.2) is 24.3 Å². The van der Waals surface area contributed by atoms with Crippen molar-refractivity contribution < 1.29 is 0 Å². The Hall–Kier alpha value is -0.0900. The first-order valence-electron chi connectivity index (χ1n) is 4.60. The fraction of sp³-hybridized carbons (Fsp3) is 0.455. The van der Waals surface area contributed by atoms with E-state index in [4.69, 9.17) is 5.73 Å². The van der Waals surface area contributed by atoms with Gasteiger partial charge in [-0.15, -0.1) is 0 Å². The Kier molecular flexibility index (Phi) is 4.19. The number of benzene rings is 1. The van der Waals surface area contributed by atoms with Gasteiger partial charge in [-0.05, 0) is 52.6 Å². The van der Waals surface area contributed by atoms with Crippen LogP contribution in [-0.4, -0.2) is 0 Å². The zero-order valence-electron chi connectivity index (χ0n) is 8.13. The molecule has 0 aliphatic heterocycles. The second kappa shape index (κ2) is 4.96. The van der Waals surface area contributed by atoms with Crippen LogP contribution in [0.25, 0.3) is 0 Å². The standard InChI is InChI=1S/C11H16IN/c1-8(2)6-11(13)9-4-3-5-10(12)7-9/h3-5,7-8,11H,6,13H2,1-2H3/t11-/m1/s1. The highest BCUT2D eigenvalue weighted by Gasteiger charge is 2.07. The van der Waals surface area contributed by atoms with Crippen LogP contribution in [0.2, 0.25) is 0 Å². The number of nitrogens with two attached hydrogens (primary N) is 1. The van der Waals surface area contributed by atoms with Gasteiger partial charge < -0.3 is 5.73 Å². The van der Waals surface area contributed by atoms with Crippen molar-refractivity contribution in [2.24, 2.45) is 11.7 Å². The van der Waals surface area contributed by atoms with E-state index in [1.165, 1.54) is 9.13 Å². The Morgan fingerprint density at radius 3 is 2.62 bits per heavy atom. The molecule has 0 bridgehead atoms. The maximum Gasteiger partial charge on any atom is 0.0297 e. The minimum atomic E-state index is 0.190. The van der Waals surface area contributed by atoms with Crippen LogP contribution < -0.4 is 5.73 Å². The van der Waals surface area contributed by atoms with Gasteiger partial charge in [0.2, 0.25) is 0 Å². The van der Waals surface area contributed by atoms with Crippen LogP contribution >= 0.6 is 22.6 Å². The van der Waals surface area contributed by atoms with E-state index in [9.17, 15) is 0 Å². The zero-order chi connectivity index (χ0) is 9.84. The molecule has 72 valence electrons. The van der Waals surface area contributed by atoms with Gasteiger partial charge in [0.15, 0.2) is 0 Å². The van der Waals surface area contributed by atoms with Crippen molar-refractivity contribution >= 4 is 22.6 Å². The van der Waals surface area contributed by atoms with Crippen LogP contribution in [0, 0.1) is 9.49 Å². The fourth-order valence-corrected chi connectivity index (χ4v) is 1.95. The van der Waals surface area contributed by atoms with Crippen LogP contribution in [0.5, 0.6) is 0 Å². The molecule has 0 heterocycles. The van der Waals surface area contributed by atoms with Gasteiger partial charge in [0.05, 0.1) is 0 Å². The van der Waals surface area contributed by atoms with E-state index < -0.39 is 0 Å². The van der Waals surface area contributed by atoms with Crippen molar-refractivity contribution in [3.05, 3.63) is 33.4 Å². The molecule has 0 spiro atoms. The lowest BCUT2D eigenvalue weighted by Gasteiger charge is -2.14. The summed E-state index contributed by atoms with van der Waals surface area (Å²) < 4.78 is 1.26. The van der Waals surface area contributed by atoms with Crippen molar-refractivity contribution in [2.75, 3.05) is 0 Å². The number of hydrogen-bond acceptors (Lipinski definition) is 1. The maximum absolute atomic E-state index is 6.06. The third-order valence-electron chi connectivity index (χ3n) is 2.00. The molecule has 2 heteroatoms. The Balaban J connectivity index is 2.71. The quantitative estimate of drug-likeness (QED) is 0.849. The number of halogens is 1. The summed E-state index contributed by atoms with van der Waals surface area (Å²) in [5, 5.41) is 0. The van der Waals surface area contributed by atoms with Gasteiger partial charge >= 0.3 is 0 Å². The predicted molar refractivity (Wildman–Crippen MR) is 65.5 cm³/mol. The molecule has 0 saturated carbocycles. The van der Waals surface area contributed by atoms with Crippen LogP contribution in [-0.2, 0) is 0 Å². The molecule has 2 N–H and O–H groups in total. The van der Waals surface area contributed by atoms with E-state index in [-0.39, 0.29) is 6.04 Å². The summed E-state index contributed by atoms with van der Waals surface area (Å²) >= 11 is 2.32. The molecule has 1 nitrogen and oxygen atoms in total. The summed E-state index contributed by atoms with van der Waals surface area (Å²) in [5.74, 6) is 0.660. The summed E-state index contributed by atoms with van der Waals surface area (Å²) in [4.78, 5) is 0. The Bertz CT molecular complexity index is 271. The lowest BCUT2D eigenvalue weighted by molar-refractivity contribution is 0.510. The third kappa shape index (κ3) is 3.65. The van der Waals surface area contributed by atoms with Crippen molar-refractivity contribution in [2.45, 2.75) is 26.3 Å². The highest BCUT2D eigenvalue weighted by Crippen LogP contribution is 2.19. The Labute approximate surface area is 93.9 Å². The van der Waals surface area contributed by atoms with Crippen molar-refractivity contribution in [1.82, 2.24) is 0 Å². The van der Waals surface area contributed by atoms with Gasteiger partial charge in [0.25, 0.3) is 0 Å². The average molecular weight is 289 g/mol. The molecule has 1 aromatic rings. The monoisotopic (exact) mass is 289 g/mol. The molecule has 0 aromatic heterocycles. The number of rotatable bonds is 3. The largest absolute Gasteiger partial charge is 0.324 e. The third-order valence-corrected chi connectivity index (χ3v) is 2.67. The molecule has 1 aromatic carbocycles. The lowest BCUT2D eigenvalue weighted by Crippen LogP contribution is -2.12. The van der Waals surface area contributed by atoms with Crippen molar-refractivity contribution in [3.8, 4) is 0 Å². The molecule has 0 fully saturated rings. The minimum absolute atomic E-state index is 0.190. The summed E-state index contributed by atoms with van der Waals surface area (Å²) in [7, 11) is 0. The summed E-state index contributed by atoms with van der Waals surface area (Å²) in [6.45, 7) is 4.40. The van der Waals surface area contributed by atoms with Crippen LogP contribution in [0.4, 0.5) is 0 Å². The highest BCUT2D eigenvalue weighted by atomic mass is 127. The first-order valence-corrected chi connectivity index (χ1v) is 5.68. The highest BCUT2D eigenvalue weighted by molar-refractivity contribution is 14.1. The van der Waals surface area contributed by atoms with E-state index in [1.807, 2.05) is 0 Å². The first kappa shape index (κ1) is 11.0. The fourth-order valence-electron chi connectivity index (χ4n) is 1.38. The summed E-state index contributed by atoms with van der Waals surface area (Å²) in [6.07, 6.45) is 1.06. The molecule has 0 aliphatic carbocycles. The van der Waals surface area contributed by atoms with E-state index in [1.54, 1.807) is 0 Å². The second-order valence-corrected chi connectivity index (χ2v) is 5.04. The molecular weight excluding hydrogens is 273 g/mol. The maximum atomic E-state index is 6.06. The van der Waals surface area contributed by atoms with Gasteiger partial charge in [0, 0.05) is 9.61 Å². The van der Waals surface area contributed by atoms with Gasteiger partial charge in [-0.3, -0.25) is 0 Å². The average Bonchev–Trinajstić information content (AvgIpc) is 2.03. The van der Waals surface area contributed by atoms with Gasteiger partial charge in [-0.1, -0.05) is 26.0 Å². The Morgan fingerprint density at radius 2 is 2.08 bits per heavy atom. The SMILES string of the molecule is CC(C)C[C@@H](N)c1cccc(I)c1. The molecule has 0 aliphatic rings. The molecule has 1 rings (SSSR count). The van der Waals surface area contributed by atoms with E-state index in [0.29, 0.717) is 5.92 Å². The normalized spacial score (nSPS) is 13.3. The molecule has 1 atom stereocenters. The molecule has 0 amide bonds. The molecule has 0 unspecified atom stereocenters. The smallest absolute Gasteiger partial charge is 0.0297 e. The summed E-state index contributed by atoms with van der Waals surface area (Å²) in [6, 6.07) is 8.61. The van der Waals surface area contributed by atoms with Crippen molar-refractivity contribution in [3.63, 3.8) is 0 Å². The van der Waals surface area contributed by atoms with E-state index in [0.717, 1.165) is 6.42 Å². The zero-order valence-corrected chi connectivity index (χ0v) is 10.3. The van der Waals surface area contributed by atoms with Gasteiger partial charge in [-0.2, -0.15) is 0 Å². The van der Waals surface area contributed by atoms with Crippen LogP contribution in [0.3, 0.4) is 0 Å². The van der Waals surface area contributed by atoms with Crippen LogP contribution in [0.1, 0.15) is 31.9 Å². The molecular formula is C11H16IN. The summed E-state index contributed by atoms with van der Waals surface area (Å²) in [5.41, 5.74) is 7.31. The molecule has 0 saturated heterocycles. The lowest BCUT2D eigenvalue weighted by atomic mass is 9.98. The number of hydrogen-bond donors (Lipinski definition) is 1. The second-order valence-electron chi connectivity index (χ2n) is 3.79. The van der Waals surface area contributed by atoms with Crippen molar-refractivity contribution in [1.29, 1.82) is 0 Å². The molecule has 0 radical (unpaired) electrons. The predicted octanol–water partition coefficient (Wildman–Crippen LogP) is 3.34. The van der Waals surface area contributed by atoms with E-state index in [2.05, 4.69) is 60.7 Å². The first-order chi connectivity index (χ1) is 6.09. The van der Waals surface area contributed by atoms with E-state index >= 15 is 0 Å².